The second-order valence-electron chi connectivity index (χ2n) is 5.54. The van der Waals surface area contributed by atoms with E-state index in [0.717, 1.165) is 25.5 Å². The zero-order valence-electron chi connectivity index (χ0n) is 13.0. The molecule has 1 aromatic heterocycles. The summed E-state index contributed by atoms with van der Waals surface area (Å²) < 4.78 is 0. The van der Waals surface area contributed by atoms with E-state index in [1.54, 1.807) is 0 Å². The number of aromatic nitrogens is 1. The van der Waals surface area contributed by atoms with E-state index in [4.69, 9.17) is 0 Å². The molecule has 3 heteroatoms. The van der Waals surface area contributed by atoms with Gasteiger partial charge >= 0.3 is 0 Å². The van der Waals surface area contributed by atoms with Crippen LogP contribution in [0, 0.1) is 6.92 Å². The lowest BCUT2D eigenvalue weighted by atomic mass is 10.2. The standard InChI is InChI=1S/C16H29N3/c1-5-6-7-8-11-19(13-12-18(3)4)16-14-15(2)9-10-17-16/h9-10,14H,5-8,11-13H2,1-4H3. The molecule has 19 heavy (non-hydrogen) atoms. The molecule has 0 fully saturated rings. The third kappa shape index (κ3) is 6.58. The van der Waals surface area contributed by atoms with Crippen molar-refractivity contribution in [3.63, 3.8) is 0 Å². The van der Waals surface area contributed by atoms with Crippen LogP contribution in [0.25, 0.3) is 0 Å². The number of hydrogen-bond acceptors (Lipinski definition) is 3. The van der Waals surface area contributed by atoms with Crippen molar-refractivity contribution in [2.45, 2.75) is 39.5 Å². The molecule has 0 N–H and O–H groups in total. The molecule has 0 atom stereocenters. The van der Waals surface area contributed by atoms with E-state index < -0.39 is 0 Å². The normalized spacial score (nSPS) is 11.0. The summed E-state index contributed by atoms with van der Waals surface area (Å²) in [7, 11) is 4.25. The molecule has 0 aliphatic heterocycles. The Kier molecular flexibility index (Phi) is 7.49. The van der Waals surface area contributed by atoms with Gasteiger partial charge in [0, 0.05) is 25.8 Å². The van der Waals surface area contributed by atoms with Gasteiger partial charge in [-0.3, -0.25) is 0 Å². The Balaban J connectivity index is 2.57. The molecule has 0 bridgehead atoms. The molecular formula is C16H29N3. The van der Waals surface area contributed by atoms with Crippen molar-refractivity contribution in [2.24, 2.45) is 0 Å². The van der Waals surface area contributed by atoms with E-state index in [9.17, 15) is 0 Å². The van der Waals surface area contributed by atoms with Crippen molar-refractivity contribution in [1.29, 1.82) is 0 Å². The Morgan fingerprint density at radius 2 is 1.84 bits per heavy atom. The summed E-state index contributed by atoms with van der Waals surface area (Å²) in [6.07, 6.45) is 7.13. The highest BCUT2D eigenvalue weighted by Gasteiger charge is 2.08. The molecule has 0 unspecified atom stereocenters. The van der Waals surface area contributed by atoms with Gasteiger partial charge in [0.05, 0.1) is 0 Å². The molecule has 1 heterocycles. The number of anilines is 1. The summed E-state index contributed by atoms with van der Waals surface area (Å²) in [6, 6.07) is 4.25. The van der Waals surface area contributed by atoms with E-state index in [1.807, 2.05) is 6.20 Å². The number of hydrogen-bond donors (Lipinski definition) is 0. The van der Waals surface area contributed by atoms with Crippen LogP contribution in [0.4, 0.5) is 5.82 Å². The van der Waals surface area contributed by atoms with Crippen molar-refractivity contribution in [3.8, 4) is 0 Å². The highest BCUT2D eigenvalue weighted by Crippen LogP contribution is 2.13. The maximum atomic E-state index is 4.52. The monoisotopic (exact) mass is 263 g/mol. The number of aryl methyl sites for hydroxylation is 1. The average Bonchev–Trinajstić information content (AvgIpc) is 2.37. The van der Waals surface area contributed by atoms with Crippen LogP contribution in [-0.4, -0.2) is 43.6 Å². The van der Waals surface area contributed by atoms with Gasteiger partial charge in [-0.1, -0.05) is 26.2 Å². The lowest BCUT2D eigenvalue weighted by molar-refractivity contribution is 0.411. The Bertz CT molecular complexity index is 350. The molecular weight excluding hydrogens is 234 g/mol. The van der Waals surface area contributed by atoms with E-state index in [2.05, 4.69) is 54.9 Å². The summed E-state index contributed by atoms with van der Waals surface area (Å²) in [4.78, 5) is 9.17. The van der Waals surface area contributed by atoms with Gasteiger partial charge in [-0.25, -0.2) is 4.98 Å². The number of nitrogens with zero attached hydrogens (tertiary/aromatic N) is 3. The van der Waals surface area contributed by atoms with Crippen LogP contribution in [0.15, 0.2) is 18.3 Å². The van der Waals surface area contributed by atoms with Gasteiger partial charge in [-0.2, -0.15) is 0 Å². The molecule has 1 aromatic rings. The van der Waals surface area contributed by atoms with E-state index >= 15 is 0 Å². The molecule has 0 spiro atoms. The van der Waals surface area contributed by atoms with Gasteiger partial charge in [0.25, 0.3) is 0 Å². The summed E-state index contributed by atoms with van der Waals surface area (Å²) in [6.45, 7) is 7.63. The summed E-state index contributed by atoms with van der Waals surface area (Å²) in [5.41, 5.74) is 1.29. The van der Waals surface area contributed by atoms with Crippen LogP contribution in [0.3, 0.4) is 0 Å². The van der Waals surface area contributed by atoms with Gasteiger partial charge in [0.15, 0.2) is 0 Å². The lowest BCUT2D eigenvalue weighted by Crippen LogP contribution is -2.33. The quantitative estimate of drug-likeness (QED) is 0.637. The molecule has 0 saturated carbocycles. The molecule has 0 amide bonds. The zero-order valence-corrected chi connectivity index (χ0v) is 13.0. The maximum absolute atomic E-state index is 4.52. The summed E-state index contributed by atoms with van der Waals surface area (Å²) >= 11 is 0. The summed E-state index contributed by atoms with van der Waals surface area (Å²) in [5.74, 6) is 1.12. The van der Waals surface area contributed by atoms with Crippen LogP contribution in [-0.2, 0) is 0 Å². The van der Waals surface area contributed by atoms with Gasteiger partial charge in [0.1, 0.15) is 5.82 Å². The third-order valence-corrected chi connectivity index (χ3v) is 3.32. The molecule has 0 radical (unpaired) electrons. The molecule has 0 aromatic carbocycles. The number of pyridine rings is 1. The van der Waals surface area contributed by atoms with Crippen molar-refractivity contribution in [2.75, 3.05) is 38.6 Å². The fourth-order valence-electron chi connectivity index (χ4n) is 2.08. The topological polar surface area (TPSA) is 19.4 Å². The molecule has 3 nitrogen and oxygen atoms in total. The van der Waals surface area contributed by atoms with Crippen LogP contribution in [0.2, 0.25) is 0 Å². The molecule has 0 saturated heterocycles. The minimum Gasteiger partial charge on any atom is -0.355 e. The fraction of sp³-hybridized carbons (Fsp3) is 0.688. The molecule has 0 aliphatic carbocycles. The highest BCUT2D eigenvalue weighted by atomic mass is 15.2. The summed E-state index contributed by atoms with van der Waals surface area (Å²) in [5, 5.41) is 0. The second-order valence-corrected chi connectivity index (χ2v) is 5.54. The first-order chi connectivity index (χ1) is 9.13. The minimum atomic E-state index is 1.05. The molecule has 108 valence electrons. The van der Waals surface area contributed by atoms with Crippen molar-refractivity contribution in [3.05, 3.63) is 23.9 Å². The van der Waals surface area contributed by atoms with Crippen LogP contribution in [0.5, 0.6) is 0 Å². The predicted molar refractivity (Wildman–Crippen MR) is 83.9 cm³/mol. The Morgan fingerprint density at radius 1 is 1.05 bits per heavy atom. The smallest absolute Gasteiger partial charge is 0.128 e. The van der Waals surface area contributed by atoms with Crippen LogP contribution >= 0.6 is 0 Å². The third-order valence-electron chi connectivity index (χ3n) is 3.32. The number of unbranched alkanes of at least 4 members (excludes halogenated alkanes) is 3. The highest BCUT2D eigenvalue weighted by molar-refractivity contribution is 5.40. The number of rotatable bonds is 9. The van der Waals surface area contributed by atoms with Crippen molar-refractivity contribution >= 4 is 5.82 Å². The predicted octanol–water partition coefficient (Wildman–Crippen LogP) is 3.34. The van der Waals surface area contributed by atoms with E-state index in [0.29, 0.717) is 0 Å². The SMILES string of the molecule is CCCCCCN(CCN(C)C)c1cc(C)ccn1. The first-order valence-electron chi connectivity index (χ1n) is 7.45. The number of likely N-dealkylation sites (N-methyl/N-ethyl adjacent to an activating group) is 1. The van der Waals surface area contributed by atoms with Crippen molar-refractivity contribution in [1.82, 2.24) is 9.88 Å². The van der Waals surface area contributed by atoms with Crippen LogP contribution in [0.1, 0.15) is 38.2 Å². The minimum absolute atomic E-state index is 1.05. The Morgan fingerprint density at radius 3 is 2.47 bits per heavy atom. The molecule has 0 aliphatic rings. The van der Waals surface area contributed by atoms with Gasteiger partial charge in [-0.05, 0) is 45.1 Å². The molecule has 1 rings (SSSR count). The zero-order chi connectivity index (χ0) is 14.1. The lowest BCUT2D eigenvalue weighted by Gasteiger charge is -2.25. The fourth-order valence-corrected chi connectivity index (χ4v) is 2.08. The largest absolute Gasteiger partial charge is 0.355 e. The Hall–Kier alpha value is -1.09. The maximum Gasteiger partial charge on any atom is 0.128 e. The van der Waals surface area contributed by atoms with E-state index in [-0.39, 0.29) is 0 Å². The average molecular weight is 263 g/mol. The first-order valence-corrected chi connectivity index (χ1v) is 7.45. The second kappa shape index (κ2) is 8.92. The van der Waals surface area contributed by atoms with E-state index in [1.165, 1.54) is 31.2 Å². The van der Waals surface area contributed by atoms with Gasteiger partial charge < -0.3 is 9.80 Å². The first kappa shape index (κ1) is 16.0. The van der Waals surface area contributed by atoms with Gasteiger partial charge in [-0.15, -0.1) is 0 Å². The van der Waals surface area contributed by atoms with Crippen molar-refractivity contribution < 1.29 is 0 Å². The van der Waals surface area contributed by atoms with Gasteiger partial charge in [0.2, 0.25) is 0 Å². The Labute approximate surface area is 118 Å². The van der Waals surface area contributed by atoms with Crippen LogP contribution < -0.4 is 4.90 Å².